The molecule has 7 heteroatoms. The molecule has 8 atom stereocenters. The number of terminal acetylenes is 1. The molecule has 4 aliphatic carbocycles. The number of alkyl halides is 3. The first kappa shape index (κ1) is 24.7. The molecule has 1 unspecified atom stereocenters. The lowest BCUT2D eigenvalue weighted by Crippen LogP contribution is -2.69. The van der Waals surface area contributed by atoms with Crippen LogP contribution in [0.25, 0.3) is 0 Å². The normalized spacial score (nSPS) is 46.8. The molecule has 176 valence electrons. The van der Waals surface area contributed by atoms with E-state index in [2.05, 4.69) is 18.2 Å². The van der Waals surface area contributed by atoms with E-state index in [9.17, 15) is 19.1 Å². The molecule has 3 saturated carbocycles. The van der Waals surface area contributed by atoms with Gasteiger partial charge in [-0.15, -0.1) is 12.8 Å². The molecule has 0 aromatic heterocycles. The van der Waals surface area contributed by atoms with Crippen molar-refractivity contribution in [3.8, 4) is 12.8 Å². The minimum Gasteiger partial charge on any atom is -0.390 e. The summed E-state index contributed by atoms with van der Waals surface area (Å²) >= 11 is 0. The fourth-order valence-corrected chi connectivity index (χ4v) is 7.60. The van der Waals surface area contributed by atoms with Crippen molar-refractivity contribution < 1.29 is 27.9 Å². The Morgan fingerprint density at radius 1 is 1.31 bits per heavy atom. The lowest BCUT2D eigenvalue weighted by molar-refractivity contribution is -0.211. The predicted molar refractivity (Wildman–Crippen MR) is 116 cm³/mol. The molecule has 0 aromatic rings. The number of carbonyl (C=O) groups is 2. The van der Waals surface area contributed by atoms with Crippen LogP contribution in [0.3, 0.4) is 0 Å². The Kier molecular flexibility index (Phi) is 6.29. The van der Waals surface area contributed by atoms with Crippen molar-refractivity contribution in [1.29, 1.82) is 0 Å². The van der Waals surface area contributed by atoms with Crippen molar-refractivity contribution in [2.45, 2.75) is 57.5 Å². The number of rotatable bonds is 4. The molecule has 32 heavy (non-hydrogen) atoms. The molecule has 0 radical (unpaired) electrons. The van der Waals surface area contributed by atoms with Crippen LogP contribution in [0.4, 0.5) is 13.2 Å². The number of halogens is 3. The molecule has 0 aromatic carbocycles. The van der Waals surface area contributed by atoms with E-state index in [0.717, 1.165) is 6.08 Å². The Labute approximate surface area is 187 Å². The standard InChI is InChI=1S/C23H30F3NO3.C2H2/c1-20-6-4-13(28)8-16(20)17(25)9-15-14-5-7-22(12-27-3,19(30)11-24)21(14,2)10-18(29)23(15,20)26;1-2/h4,6,8,14-15,17-18,27,29H,5,7,9-12H2,1-3H3;1-2H/t14?,15-,17-,18-,20-,21-,22-,23-;/m0./s1. The number of allylic oxidation sites excluding steroid dienone is 4. The number of fused-ring (bicyclic) bond motifs is 5. The van der Waals surface area contributed by atoms with E-state index < -0.39 is 52.6 Å². The molecular weight excluding hydrogens is 419 g/mol. The van der Waals surface area contributed by atoms with Gasteiger partial charge in [-0.25, -0.2) is 13.2 Å². The van der Waals surface area contributed by atoms with Gasteiger partial charge in [-0.2, -0.15) is 0 Å². The maximum absolute atomic E-state index is 17.0. The average molecular weight is 452 g/mol. The predicted octanol–water partition coefficient (Wildman–Crippen LogP) is 3.30. The SMILES string of the molecule is C#C.CNC[C@]1(C(=O)CF)CCC2[C@@H]3C[C@H](F)C4=CC(=O)C=C[C@]4(C)[C@@]3(F)[C@@H](O)C[C@@]21C. The van der Waals surface area contributed by atoms with Crippen LogP contribution in [0.2, 0.25) is 0 Å². The van der Waals surface area contributed by atoms with Crippen LogP contribution < -0.4 is 5.32 Å². The number of Topliss-reactive ketones (excluding diaryl/α,β-unsaturated/α-hetero) is 1. The van der Waals surface area contributed by atoms with Crippen molar-refractivity contribution >= 4 is 11.6 Å². The zero-order valence-corrected chi connectivity index (χ0v) is 18.8. The molecule has 0 saturated heterocycles. The van der Waals surface area contributed by atoms with E-state index in [1.807, 2.05) is 6.92 Å². The highest BCUT2D eigenvalue weighted by atomic mass is 19.1. The van der Waals surface area contributed by atoms with Crippen molar-refractivity contribution in [2.75, 3.05) is 20.3 Å². The third kappa shape index (κ3) is 2.85. The number of hydrogen-bond acceptors (Lipinski definition) is 4. The Bertz CT molecular complexity index is 885. The minimum absolute atomic E-state index is 0.0142. The summed E-state index contributed by atoms with van der Waals surface area (Å²) in [5.41, 5.74) is -5.45. The van der Waals surface area contributed by atoms with Gasteiger partial charge in [0.25, 0.3) is 0 Å². The molecule has 0 heterocycles. The number of ketones is 2. The van der Waals surface area contributed by atoms with Gasteiger partial charge in [-0.05, 0) is 68.7 Å². The van der Waals surface area contributed by atoms with Gasteiger partial charge in [0.15, 0.2) is 17.2 Å². The average Bonchev–Trinajstić information content (AvgIpc) is 3.05. The molecule has 3 fully saturated rings. The van der Waals surface area contributed by atoms with E-state index in [-0.39, 0.29) is 36.7 Å². The third-order valence-corrected chi connectivity index (χ3v) is 9.13. The van der Waals surface area contributed by atoms with E-state index in [0.29, 0.717) is 12.8 Å². The summed E-state index contributed by atoms with van der Waals surface area (Å²) in [5.74, 6) is -2.14. The number of carbonyl (C=O) groups excluding carboxylic acids is 2. The highest BCUT2D eigenvalue weighted by molar-refractivity contribution is 6.01. The molecule has 0 bridgehead atoms. The molecule has 4 nitrogen and oxygen atoms in total. The lowest BCUT2D eigenvalue weighted by atomic mass is 9.43. The van der Waals surface area contributed by atoms with Crippen molar-refractivity contribution in [2.24, 2.45) is 28.1 Å². The first-order chi connectivity index (χ1) is 15.0. The van der Waals surface area contributed by atoms with Crippen LogP contribution in [0.5, 0.6) is 0 Å². The lowest BCUT2D eigenvalue weighted by Gasteiger charge is -2.63. The monoisotopic (exact) mass is 451 g/mol. The van der Waals surface area contributed by atoms with E-state index in [1.165, 1.54) is 12.2 Å². The molecule has 0 amide bonds. The first-order valence-corrected chi connectivity index (χ1v) is 11.1. The van der Waals surface area contributed by atoms with Crippen LogP contribution >= 0.6 is 0 Å². The number of aliphatic hydroxyl groups excluding tert-OH is 1. The molecule has 4 rings (SSSR count). The molecule has 4 aliphatic rings. The van der Waals surface area contributed by atoms with Crippen LogP contribution in [0, 0.1) is 40.9 Å². The Hall–Kier alpha value is -1.91. The highest BCUT2D eigenvalue weighted by Crippen LogP contribution is 2.71. The number of hydrogen-bond donors (Lipinski definition) is 2. The van der Waals surface area contributed by atoms with E-state index >= 15 is 8.78 Å². The third-order valence-electron chi connectivity index (χ3n) is 9.13. The molecular formula is C25H32F3NO3. The zero-order valence-electron chi connectivity index (χ0n) is 18.8. The molecule has 0 aliphatic heterocycles. The quantitative estimate of drug-likeness (QED) is 0.644. The van der Waals surface area contributed by atoms with Crippen LogP contribution in [-0.2, 0) is 9.59 Å². The smallest absolute Gasteiger partial charge is 0.178 e. The maximum Gasteiger partial charge on any atom is 0.178 e. The van der Waals surface area contributed by atoms with Crippen LogP contribution in [-0.4, -0.2) is 54.9 Å². The maximum atomic E-state index is 17.0. The van der Waals surface area contributed by atoms with Gasteiger partial charge in [0.05, 0.1) is 6.10 Å². The van der Waals surface area contributed by atoms with Gasteiger partial charge in [-0.1, -0.05) is 13.0 Å². The Morgan fingerprint density at radius 2 is 1.97 bits per heavy atom. The van der Waals surface area contributed by atoms with Crippen LogP contribution in [0.15, 0.2) is 23.8 Å². The molecule has 2 N–H and O–H groups in total. The van der Waals surface area contributed by atoms with Gasteiger partial charge in [0, 0.05) is 23.3 Å². The van der Waals surface area contributed by atoms with Gasteiger partial charge in [0.1, 0.15) is 12.8 Å². The largest absolute Gasteiger partial charge is 0.390 e. The first-order valence-electron chi connectivity index (χ1n) is 11.1. The summed E-state index contributed by atoms with van der Waals surface area (Å²) < 4.78 is 45.9. The fourth-order valence-electron chi connectivity index (χ4n) is 7.60. The summed E-state index contributed by atoms with van der Waals surface area (Å²) in [5, 5.41) is 14.2. The second kappa shape index (κ2) is 8.14. The summed E-state index contributed by atoms with van der Waals surface area (Å²) in [7, 11) is 1.68. The summed E-state index contributed by atoms with van der Waals surface area (Å²) in [6.07, 6.45) is 9.50. The van der Waals surface area contributed by atoms with Gasteiger partial charge in [-0.3, -0.25) is 9.59 Å². The van der Waals surface area contributed by atoms with Crippen molar-refractivity contribution in [1.82, 2.24) is 5.32 Å². The Balaban J connectivity index is 0.00000141. The number of nitrogens with one attached hydrogen (secondary N) is 1. The summed E-state index contributed by atoms with van der Waals surface area (Å²) in [6.45, 7) is 2.50. The van der Waals surface area contributed by atoms with Crippen LogP contribution in [0.1, 0.15) is 39.5 Å². The second-order valence-electron chi connectivity index (χ2n) is 10.1. The second-order valence-corrected chi connectivity index (χ2v) is 10.1. The van der Waals surface area contributed by atoms with Gasteiger partial charge >= 0.3 is 0 Å². The van der Waals surface area contributed by atoms with Crippen molar-refractivity contribution in [3.05, 3.63) is 23.8 Å². The van der Waals surface area contributed by atoms with E-state index in [4.69, 9.17) is 0 Å². The minimum atomic E-state index is -2.17. The van der Waals surface area contributed by atoms with Gasteiger partial charge in [0.2, 0.25) is 0 Å². The molecule has 0 spiro atoms. The fraction of sp³-hybridized carbons (Fsp3) is 0.680. The Morgan fingerprint density at radius 3 is 2.56 bits per heavy atom. The summed E-state index contributed by atoms with van der Waals surface area (Å²) in [6, 6.07) is 0. The van der Waals surface area contributed by atoms with Crippen molar-refractivity contribution in [3.63, 3.8) is 0 Å². The number of aliphatic hydroxyl groups is 1. The summed E-state index contributed by atoms with van der Waals surface area (Å²) in [4.78, 5) is 24.7. The van der Waals surface area contributed by atoms with Gasteiger partial charge < -0.3 is 10.4 Å². The zero-order chi connectivity index (χ0) is 24.1. The topological polar surface area (TPSA) is 66.4 Å². The van der Waals surface area contributed by atoms with E-state index in [1.54, 1.807) is 14.0 Å². The highest BCUT2D eigenvalue weighted by Gasteiger charge is 2.75.